The highest BCUT2D eigenvalue weighted by molar-refractivity contribution is 9.11. The number of halogens is 3. The molecule has 0 aliphatic rings. The molecule has 0 radical (unpaired) electrons. The summed E-state index contributed by atoms with van der Waals surface area (Å²) >= 11 is 10.7. The number of furan rings is 1. The van der Waals surface area contributed by atoms with E-state index in [1.54, 1.807) is 24.4 Å². The number of nitrogens with zero attached hydrogens (tertiary/aromatic N) is 3. The van der Waals surface area contributed by atoms with Crippen molar-refractivity contribution < 1.29 is 9.15 Å². The highest BCUT2D eigenvalue weighted by Crippen LogP contribution is 2.35. The van der Waals surface area contributed by atoms with Crippen LogP contribution in [0.1, 0.15) is 16.7 Å². The molecule has 0 saturated carbocycles. The van der Waals surface area contributed by atoms with Gasteiger partial charge in [0.2, 0.25) is 5.82 Å². The van der Waals surface area contributed by atoms with E-state index in [0.29, 0.717) is 40.4 Å². The second-order valence-corrected chi connectivity index (χ2v) is 11.8. The monoisotopic (exact) mass is 719 g/mol. The first kappa shape index (κ1) is 26.7. The second kappa shape index (κ2) is 11.2. The van der Waals surface area contributed by atoms with Crippen molar-refractivity contribution in [2.75, 3.05) is 0 Å². The largest absolute Gasteiger partial charge is 0.487 e. The quantitative estimate of drug-likeness (QED) is 0.161. The molecule has 0 unspecified atom stereocenters. The molecule has 0 amide bonds. The van der Waals surface area contributed by atoms with Crippen molar-refractivity contribution in [3.63, 3.8) is 0 Å². The van der Waals surface area contributed by atoms with Gasteiger partial charge in [-0.15, -0.1) is 0 Å². The zero-order valence-corrected chi connectivity index (χ0v) is 25.8. The Morgan fingerprint density at radius 3 is 2.48 bits per heavy atom. The van der Waals surface area contributed by atoms with Gasteiger partial charge >= 0.3 is 0 Å². The van der Waals surface area contributed by atoms with Crippen molar-refractivity contribution in [3.05, 3.63) is 125 Å². The van der Waals surface area contributed by atoms with Gasteiger partial charge in [0.15, 0.2) is 5.76 Å². The summed E-state index contributed by atoms with van der Waals surface area (Å²) < 4.78 is 15.9. The highest BCUT2D eigenvalue weighted by atomic mass is 79.9. The summed E-state index contributed by atoms with van der Waals surface area (Å²) in [6.07, 6.45) is 1.61. The van der Waals surface area contributed by atoms with Crippen LogP contribution in [-0.2, 0) is 6.61 Å². The number of rotatable bonds is 6. The van der Waals surface area contributed by atoms with Gasteiger partial charge in [0.1, 0.15) is 17.9 Å². The molecule has 6 aromatic rings. The Bertz CT molecular complexity index is 1960. The Morgan fingerprint density at radius 1 is 0.950 bits per heavy atom. The molecule has 0 aliphatic heterocycles. The number of aromatic nitrogens is 2. The van der Waals surface area contributed by atoms with Crippen molar-refractivity contribution in [3.8, 4) is 17.3 Å². The Hall–Kier alpha value is -3.53. The number of aryl methyl sites for hydroxylation is 1. The predicted octanol–water partition coefficient (Wildman–Crippen LogP) is 8.87. The van der Waals surface area contributed by atoms with Gasteiger partial charge in [-0.25, -0.2) is 4.98 Å². The van der Waals surface area contributed by atoms with Gasteiger partial charge in [-0.2, -0.15) is 9.78 Å². The van der Waals surface area contributed by atoms with Gasteiger partial charge < -0.3 is 9.15 Å². The average molecular weight is 722 g/mol. The standard InChI is InChI=1S/C31H20Br3N3O3/c1-18-6-8-19(9-7-18)17-39-29-24(33)12-20(13-25(29)34)16-35-37-30(36-26-5-3-2-4-23(26)31(37)38)28-15-21-14-22(32)10-11-27(21)40-28/h2-16H,17H2,1H3. The first-order chi connectivity index (χ1) is 19.4. The minimum Gasteiger partial charge on any atom is -0.487 e. The number of para-hydroxylation sites is 1. The predicted molar refractivity (Wildman–Crippen MR) is 169 cm³/mol. The van der Waals surface area contributed by atoms with Crippen LogP contribution in [0.25, 0.3) is 33.5 Å². The van der Waals surface area contributed by atoms with Crippen molar-refractivity contribution in [2.24, 2.45) is 5.10 Å². The van der Waals surface area contributed by atoms with E-state index in [1.807, 2.05) is 54.6 Å². The molecule has 0 fully saturated rings. The molecule has 6 nitrogen and oxygen atoms in total. The van der Waals surface area contributed by atoms with Crippen LogP contribution in [-0.4, -0.2) is 15.9 Å². The van der Waals surface area contributed by atoms with Crippen LogP contribution in [0.15, 0.2) is 113 Å². The smallest absolute Gasteiger partial charge is 0.282 e. The Morgan fingerprint density at radius 2 is 1.70 bits per heavy atom. The number of benzene rings is 4. The molecule has 6 rings (SSSR count). The molecule has 9 heteroatoms. The Labute approximate surface area is 254 Å². The SMILES string of the molecule is Cc1ccc(COc2c(Br)cc(C=Nn3c(-c4cc5cc(Br)ccc5o4)nc4ccccc4c3=O)cc2Br)cc1. The zero-order chi connectivity index (χ0) is 27.8. The summed E-state index contributed by atoms with van der Waals surface area (Å²) in [5.74, 6) is 1.43. The molecule has 198 valence electrons. The fourth-order valence-electron chi connectivity index (χ4n) is 4.27. The van der Waals surface area contributed by atoms with Crippen LogP contribution >= 0.6 is 47.8 Å². The lowest BCUT2D eigenvalue weighted by molar-refractivity contribution is 0.302. The molecule has 4 aromatic carbocycles. The Kier molecular flexibility index (Phi) is 7.44. The van der Waals surface area contributed by atoms with Crippen LogP contribution in [0.2, 0.25) is 0 Å². The van der Waals surface area contributed by atoms with E-state index in [0.717, 1.165) is 29.9 Å². The molecule has 0 N–H and O–H groups in total. The molecule has 0 saturated heterocycles. The van der Waals surface area contributed by atoms with E-state index in [2.05, 4.69) is 71.9 Å². The minimum absolute atomic E-state index is 0.297. The molecule has 0 spiro atoms. The van der Waals surface area contributed by atoms with Gasteiger partial charge in [-0.1, -0.05) is 57.9 Å². The Balaban J connectivity index is 1.37. The van der Waals surface area contributed by atoms with Gasteiger partial charge in [-0.05, 0) is 98.4 Å². The topological polar surface area (TPSA) is 69.6 Å². The molecule has 2 aromatic heterocycles. The second-order valence-electron chi connectivity index (χ2n) is 9.19. The average Bonchev–Trinajstić information content (AvgIpc) is 3.36. The molecule has 0 atom stereocenters. The van der Waals surface area contributed by atoms with Crippen LogP contribution in [0.3, 0.4) is 0 Å². The molecule has 0 bridgehead atoms. The van der Waals surface area contributed by atoms with Crippen molar-refractivity contribution in [1.82, 2.24) is 9.66 Å². The third-order valence-electron chi connectivity index (χ3n) is 6.30. The third-order valence-corrected chi connectivity index (χ3v) is 7.97. The van der Waals surface area contributed by atoms with Gasteiger partial charge in [0.25, 0.3) is 5.56 Å². The van der Waals surface area contributed by atoms with Gasteiger partial charge in [-0.3, -0.25) is 4.79 Å². The van der Waals surface area contributed by atoms with Crippen LogP contribution < -0.4 is 10.3 Å². The molecule has 2 heterocycles. The highest BCUT2D eigenvalue weighted by Gasteiger charge is 2.17. The van der Waals surface area contributed by atoms with E-state index >= 15 is 0 Å². The first-order valence-corrected chi connectivity index (χ1v) is 14.7. The third kappa shape index (κ3) is 5.41. The lowest BCUT2D eigenvalue weighted by Gasteiger charge is -2.12. The van der Waals surface area contributed by atoms with Crippen LogP contribution in [0.4, 0.5) is 0 Å². The first-order valence-electron chi connectivity index (χ1n) is 12.3. The fourth-order valence-corrected chi connectivity index (χ4v) is 6.10. The number of fused-ring (bicyclic) bond motifs is 2. The lowest BCUT2D eigenvalue weighted by atomic mass is 10.2. The van der Waals surface area contributed by atoms with E-state index in [9.17, 15) is 4.79 Å². The lowest BCUT2D eigenvalue weighted by Crippen LogP contribution is -2.20. The summed E-state index contributed by atoms with van der Waals surface area (Å²) in [4.78, 5) is 18.3. The summed E-state index contributed by atoms with van der Waals surface area (Å²) in [5, 5.41) is 5.92. The van der Waals surface area contributed by atoms with Crippen molar-refractivity contribution in [1.29, 1.82) is 0 Å². The molecular weight excluding hydrogens is 702 g/mol. The molecule has 0 aliphatic carbocycles. The normalized spacial score (nSPS) is 11.6. The summed E-state index contributed by atoms with van der Waals surface area (Å²) in [6, 6.07) is 26.8. The summed E-state index contributed by atoms with van der Waals surface area (Å²) in [7, 11) is 0. The molecular formula is C31H20Br3N3O3. The number of hydrogen-bond acceptors (Lipinski definition) is 5. The van der Waals surface area contributed by atoms with E-state index in [1.165, 1.54) is 10.2 Å². The maximum absolute atomic E-state index is 13.6. The van der Waals surface area contributed by atoms with E-state index < -0.39 is 0 Å². The van der Waals surface area contributed by atoms with Crippen molar-refractivity contribution in [2.45, 2.75) is 13.5 Å². The maximum atomic E-state index is 13.6. The van der Waals surface area contributed by atoms with E-state index in [-0.39, 0.29) is 5.56 Å². The van der Waals surface area contributed by atoms with E-state index in [4.69, 9.17) is 14.1 Å². The maximum Gasteiger partial charge on any atom is 0.282 e. The van der Waals surface area contributed by atoms with Crippen LogP contribution in [0, 0.1) is 6.92 Å². The molecule has 40 heavy (non-hydrogen) atoms. The zero-order valence-electron chi connectivity index (χ0n) is 21.1. The number of hydrogen-bond donors (Lipinski definition) is 0. The van der Waals surface area contributed by atoms with Crippen molar-refractivity contribution >= 4 is 75.9 Å². The van der Waals surface area contributed by atoms with Crippen LogP contribution in [0.5, 0.6) is 5.75 Å². The number of ether oxygens (including phenoxy) is 1. The minimum atomic E-state index is -0.297. The van der Waals surface area contributed by atoms with Gasteiger partial charge in [0.05, 0.1) is 26.1 Å². The van der Waals surface area contributed by atoms with Gasteiger partial charge in [0, 0.05) is 9.86 Å². The summed E-state index contributed by atoms with van der Waals surface area (Å²) in [5.41, 5.74) is 3.98. The summed E-state index contributed by atoms with van der Waals surface area (Å²) in [6.45, 7) is 2.49. The fraction of sp³-hybridized carbons (Fsp3) is 0.0645.